The molecule has 4 atom stereocenters. The van der Waals surface area contributed by atoms with Crippen LogP contribution in [0.25, 0.3) is 0 Å². The summed E-state index contributed by atoms with van der Waals surface area (Å²) in [7, 11) is 0. The molecule has 0 aliphatic carbocycles. The Labute approximate surface area is 124 Å². The first-order valence-corrected chi connectivity index (χ1v) is 7.52. The molecule has 112 valence electrons. The Morgan fingerprint density at radius 3 is 2.86 bits per heavy atom. The van der Waals surface area contributed by atoms with Gasteiger partial charge < -0.3 is 5.32 Å². The van der Waals surface area contributed by atoms with Crippen molar-refractivity contribution < 1.29 is 8.78 Å². The molecule has 3 aliphatic rings. The fourth-order valence-corrected chi connectivity index (χ4v) is 3.57. The summed E-state index contributed by atoms with van der Waals surface area (Å²) in [6.07, 6.45) is 7.92. The summed E-state index contributed by atoms with van der Waals surface area (Å²) in [5, 5.41) is 3.35. The third-order valence-corrected chi connectivity index (χ3v) is 4.79. The zero-order chi connectivity index (χ0) is 14.8. The molecular weight excluding hydrogens is 270 g/mol. The number of benzene rings is 1. The summed E-state index contributed by atoms with van der Waals surface area (Å²) in [6.45, 7) is 3.55. The molecule has 3 saturated heterocycles. The predicted octanol–water partition coefficient (Wildman–Crippen LogP) is 2.40. The van der Waals surface area contributed by atoms with Crippen molar-refractivity contribution in [1.29, 1.82) is 0 Å². The predicted molar refractivity (Wildman–Crippen MR) is 78.5 cm³/mol. The van der Waals surface area contributed by atoms with Crippen molar-refractivity contribution in [2.24, 2.45) is 11.8 Å². The summed E-state index contributed by atoms with van der Waals surface area (Å²) in [6, 6.07) is 4.56. The number of piperidine rings is 3. The van der Waals surface area contributed by atoms with Gasteiger partial charge in [0.25, 0.3) is 0 Å². The number of hydrogen-bond acceptors (Lipinski definition) is 2. The Balaban J connectivity index is 1.50. The van der Waals surface area contributed by atoms with Crippen LogP contribution in [-0.4, -0.2) is 30.6 Å². The molecule has 1 unspecified atom stereocenters. The molecule has 2 nitrogen and oxygen atoms in total. The topological polar surface area (TPSA) is 15.3 Å². The van der Waals surface area contributed by atoms with E-state index in [4.69, 9.17) is 6.42 Å². The van der Waals surface area contributed by atoms with Crippen LogP contribution in [0, 0.1) is 35.8 Å². The Morgan fingerprint density at radius 2 is 2.19 bits per heavy atom. The Hall–Kier alpha value is -1.44. The first-order valence-electron chi connectivity index (χ1n) is 7.52. The van der Waals surface area contributed by atoms with E-state index in [0.29, 0.717) is 24.4 Å². The molecule has 0 saturated carbocycles. The molecule has 3 heterocycles. The zero-order valence-electron chi connectivity index (χ0n) is 12.0. The van der Waals surface area contributed by atoms with Crippen LogP contribution in [0.15, 0.2) is 18.2 Å². The van der Waals surface area contributed by atoms with Gasteiger partial charge in [0, 0.05) is 31.6 Å². The first-order chi connectivity index (χ1) is 10.2. The monoisotopic (exact) mass is 290 g/mol. The van der Waals surface area contributed by atoms with Crippen molar-refractivity contribution in [3.63, 3.8) is 0 Å². The van der Waals surface area contributed by atoms with E-state index in [1.54, 1.807) is 6.07 Å². The highest BCUT2D eigenvalue weighted by Crippen LogP contribution is 2.35. The van der Waals surface area contributed by atoms with E-state index in [9.17, 15) is 8.78 Å². The first kappa shape index (κ1) is 14.5. The van der Waals surface area contributed by atoms with E-state index in [1.165, 1.54) is 18.6 Å². The smallest absolute Gasteiger partial charge is 0.159 e. The van der Waals surface area contributed by atoms with E-state index in [0.717, 1.165) is 31.6 Å². The molecule has 3 fully saturated rings. The minimum absolute atomic E-state index is 0.404. The van der Waals surface area contributed by atoms with Crippen LogP contribution in [0.1, 0.15) is 18.4 Å². The highest BCUT2D eigenvalue weighted by atomic mass is 19.2. The molecule has 0 amide bonds. The number of rotatable bonds is 4. The van der Waals surface area contributed by atoms with Gasteiger partial charge in [0.15, 0.2) is 11.6 Å². The van der Waals surface area contributed by atoms with Crippen LogP contribution in [0.3, 0.4) is 0 Å². The average molecular weight is 290 g/mol. The van der Waals surface area contributed by atoms with E-state index < -0.39 is 11.6 Å². The molecular formula is C17H20F2N2. The maximum Gasteiger partial charge on any atom is 0.159 e. The van der Waals surface area contributed by atoms with Crippen LogP contribution >= 0.6 is 0 Å². The van der Waals surface area contributed by atoms with Gasteiger partial charge in [-0.25, -0.2) is 8.78 Å². The largest absolute Gasteiger partial charge is 0.311 e. The van der Waals surface area contributed by atoms with Gasteiger partial charge in [-0.2, -0.15) is 0 Å². The van der Waals surface area contributed by atoms with Gasteiger partial charge in [0.1, 0.15) is 0 Å². The number of fused-ring (bicyclic) bond motifs is 3. The lowest BCUT2D eigenvalue weighted by Crippen LogP contribution is -2.55. The molecule has 0 spiro atoms. The van der Waals surface area contributed by atoms with Crippen molar-refractivity contribution in [2.75, 3.05) is 19.6 Å². The third kappa shape index (κ3) is 3.09. The Morgan fingerprint density at radius 1 is 1.33 bits per heavy atom. The number of nitrogens with zero attached hydrogens (tertiary/aromatic N) is 1. The van der Waals surface area contributed by atoms with Crippen molar-refractivity contribution >= 4 is 0 Å². The Bertz CT molecular complexity index is 552. The van der Waals surface area contributed by atoms with Gasteiger partial charge in [-0.1, -0.05) is 6.07 Å². The molecule has 4 rings (SSSR count). The van der Waals surface area contributed by atoms with E-state index in [2.05, 4.69) is 16.1 Å². The second-order valence-electron chi connectivity index (χ2n) is 6.09. The van der Waals surface area contributed by atoms with Gasteiger partial charge in [0.2, 0.25) is 0 Å². The minimum Gasteiger partial charge on any atom is -0.311 e. The number of nitrogens with one attached hydrogen (secondary N) is 1. The van der Waals surface area contributed by atoms with E-state index in [1.807, 2.05) is 0 Å². The summed E-state index contributed by atoms with van der Waals surface area (Å²) in [5.41, 5.74) is 0.770. The maximum atomic E-state index is 13.1. The van der Waals surface area contributed by atoms with E-state index in [-0.39, 0.29) is 0 Å². The van der Waals surface area contributed by atoms with Crippen LogP contribution < -0.4 is 5.32 Å². The van der Waals surface area contributed by atoms with Gasteiger partial charge in [-0.3, -0.25) is 4.90 Å². The molecule has 3 aliphatic heterocycles. The molecule has 0 aromatic heterocycles. The van der Waals surface area contributed by atoms with Crippen LogP contribution in [0.2, 0.25) is 0 Å². The summed E-state index contributed by atoms with van der Waals surface area (Å²) in [5.74, 6) is 2.38. The average Bonchev–Trinajstić information content (AvgIpc) is 2.51. The molecule has 0 radical (unpaired) electrons. The van der Waals surface area contributed by atoms with Crippen molar-refractivity contribution in [2.45, 2.75) is 25.4 Å². The lowest BCUT2D eigenvalue weighted by atomic mass is 9.76. The molecule has 2 bridgehead atoms. The molecule has 1 aromatic rings. The number of terminal acetylenes is 1. The van der Waals surface area contributed by atoms with Crippen LogP contribution in [0.5, 0.6) is 0 Å². The van der Waals surface area contributed by atoms with Crippen molar-refractivity contribution in [3.8, 4) is 12.3 Å². The number of halogens is 2. The standard InChI is InChI=1S/C17H20F2N2/c1-2-13-11-21-6-5-14(13)8-15(21)10-20-9-12-3-4-16(18)17(19)7-12/h1,3-4,7,13-15,20H,5-6,8-11H2/t13-,14+,15-/m1/s1. The summed E-state index contributed by atoms with van der Waals surface area (Å²) < 4.78 is 26.0. The van der Waals surface area contributed by atoms with Crippen molar-refractivity contribution in [1.82, 2.24) is 10.2 Å². The van der Waals surface area contributed by atoms with Gasteiger partial charge in [-0.05, 0) is 43.0 Å². The summed E-state index contributed by atoms with van der Waals surface area (Å²) >= 11 is 0. The highest BCUT2D eigenvalue weighted by Gasteiger charge is 2.38. The summed E-state index contributed by atoms with van der Waals surface area (Å²) in [4.78, 5) is 2.46. The normalized spacial score (nSPS) is 31.1. The Kier molecular flexibility index (Phi) is 4.23. The van der Waals surface area contributed by atoms with Crippen molar-refractivity contribution in [3.05, 3.63) is 35.4 Å². The van der Waals surface area contributed by atoms with E-state index >= 15 is 0 Å². The van der Waals surface area contributed by atoms with Gasteiger partial charge in [0.05, 0.1) is 0 Å². The maximum absolute atomic E-state index is 13.1. The van der Waals surface area contributed by atoms with Crippen LogP contribution in [-0.2, 0) is 6.54 Å². The second kappa shape index (κ2) is 6.13. The van der Waals surface area contributed by atoms with Gasteiger partial charge >= 0.3 is 0 Å². The quantitative estimate of drug-likeness (QED) is 0.857. The SMILES string of the molecule is C#C[C@@H]1CN2CC[C@H]1C[C@@H]2CNCc1ccc(F)c(F)c1. The molecule has 21 heavy (non-hydrogen) atoms. The minimum atomic E-state index is -0.797. The fraction of sp³-hybridized carbons (Fsp3) is 0.529. The lowest BCUT2D eigenvalue weighted by Gasteiger charge is -2.48. The highest BCUT2D eigenvalue weighted by molar-refractivity contribution is 5.17. The molecule has 1 aromatic carbocycles. The van der Waals surface area contributed by atoms with Gasteiger partial charge in [-0.15, -0.1) is 12.3 Å². The third-order valence-electron chi connectivity index (χ3n) is 4.79. The zero-order valence-corrected chi connectivity index (χ0v) is 12.0. The second-order valence-corrected chi connectivity index (χ2v) is 6.09. The number of hydrogen-bond donors (Lipinski definition) is 1. The van der Waals surface area contributed by atoms with Crippen LogP contribution in [0.4, 0.5) is 8.78 Å². The fourth-order valence-electron chi connectivity index (χ4n) is 3.57. The molecule has 4 heteroatoms. The lowest BCUT2D eigenvalue weighted by molar-refractivity contribution is 0.0227. The molecule has 1 N–H and O–H groups in total.